The third-order valence-corrected chi connectivity index (χ3v) is 2.69. The molecule has 0 saturated carbocycles. The predicted molar refractivity (Wildman–Crippen MR) is 72.5 cm³/mol. The Labute approximate surface area is 107 Å². The minimum atomic E-state index is 0.581. The molecule has 0 unspecified atom stereocenters. The van der Waals surface area contributed by atoms with Gasteiger partial charge >= 0.3 is 0 Å². The van der Waals surface area contributed by atoms with Crippen LogP contribution in [0.4, 0.5) is 0 Å². The Bertz CT molecular complexity index is 577. The molecule has 0 amide bonds. The first kappa shape index (κ1) is 11.9. The van der Waals surface area contributed by atoms with E-state index in [0.717, 1.165) is 11.1 Å². The maximum atomic E-state index is 8.66. The number of allylic oxidation sites excluding steroid dienone is 1. The lowest BCUT2D eigenvalue weighted by atomic mass is 10.0. The molecule has 0 aliphatic heterocycles. The zero-order valence-corrected chi connectivity index (χ0v) is 10.1. The van der Waals surface area contributed by atoms with E-state index in [2.05, 4.69) is 12.1 Å². The second-order valence-electron chi connectivity index (χ2n) is 3.79. The number of benzene rings is 2. The SMILES string of the molecule is CO/C(=C\C#N)c1ccc(-c2ccccc2)cc1. The summed E-state index contributed by atoms with van der Waals surface area (Å²) in [6.07, 6.45) is 1.40. The molecular weight excluding hydrogens is 222 g/mol. The molecule has 0 aromatic heterocycles. The quantitative estimate of drug-likeness (QED) is 0.597. The average Bonchev–Trinajstić information content (AvgIpc) is 2.46. The molecule has 0 radical (unpaired) electrons. The van der Waals surface area contributed by atoms with Gasteiger partial charge in [0.15, 0.2) is 0 Å². The standard InChI is InChI=1S/C16H13NO/c1-18-16(11-12-17)15-9-7-14(8-10-15)13-5-3-2-4-6-13/h2-11H,1H3/b16-11-. The van der Waals surface area contributed by atoms with E-state index in [1.807, 2.05) is 48.5 Å². The Kier molecular flexibility index (Phi) is 3.78. The van der Waals surface area contributed by atoms with Crippen LogP contribution in [0.1, 0.15) is 5.56 Å². The van der Waals surface area contributed by atoms with E-state index in [0.29, 0.717) is 5.76 Å². The van der Waals surface area contributed by atoms with Crippen LogP contribution in [0.2, 0.25) is 0 Å². The second kappa shape index (κ2) is 5.70. The first-order valence-corrected chi connectivity index (χ1v) is 5.65. The first-order chi connectivity index (χ1) is 8.85. The maximum Gasteiger partial charge on any atom is 0.136 e. The average molecular weight is 235 g/mol. The molecule has 18 heavy (non-hydrogen) atoms. The van der Waals surface area contributed by atoms with Gasteiger partial charge in [0.05, 0.1) is 19.3 Å². The van der Waals surface area contributed by atoms with Crippen LogP contribution >= 0.6 is 0 Å². The summed E-state index contributed by atoms with van der Waals surface area (Å²) in [5.41, 5.74) is 3.22. The van der Waals surface area contributed by atoms with Crippen molar-refractivity contribution in [2.75, 3.05) is 7.11 Å². The van der Waals surface area contributed by atoms with E-state index < -0.39 is 0 Å². The number of methoxy groups -OCH3 is 1. The summed E-state index contributed by atoms with van der Waals surface area (Å²) in [5, 5.41) is 8.66. The van der Waals surface area contributed by atoms with Crippen molar-refractivity contribution in [1.29, 1.82) is 5.26 Å². The molecule has 2 rings (SSSR count). The smallest absolute Gasteiger partial charge is 0.136 e. The van der Waals surface area contributed by atoms with Gasteiger partial charge in [-0.15, -0.1) is 0 Å². The fraction of sp³-hybridized carbons (Fsp3) is 0.0625. The number of hydrogen-bond donors (Lipinski definition) is 0. The Balaban J connectivity index is 2.32. The first-order valence-electron chi connectivity index (χ1n) is 5.65. The van der Waals surface area contributed by atoms with E-state index in [-0.39, 0.29) is 0 Å². The monoisotopic (exact) mass is 235 g/mol. The van der Waals surface area contributed by atoms with Crippen molar-refractivity contribution in [2.24, 2.45) is 0 Å². The Morgan fingerprint density at radius 1 is 1.00 bits per heavy atom. The molecule has 2 aromatic rings. The molecule has 88 valence electrons. The highest BCUT2D eigenvalue weighted by atomic mass is 16.5. The van der Waals surface area contributed by atoms with Gasteiger partial charge in [-0.05, 0) is 11.1 Å². The van der Waals surface area contributed by atoms with Gasteiger partial charge in [0.1, 0.15) is 5.76 Å². The van der Waals surface area contributed by atoms with Crippen molar-refractivity contribution in [1.82, 2.24) is 0 Å². The van der Waals surface area contributed by atoms with Crippen molar-refractivity contribution in [2.45, 2.75) is 0 Å². The van der Waals surface area contributed by atoms with Crippen LogP contribution in [-0.4, -0.2) is 7.11 Å². The molecule has 0 aliphatic rings. The number of rotatable bonds is 3. The highest BCUT2D eigenvalue weighted by Crippen LogP contribution is 2.22. The lowest BCUT2D eigenvalue weighted by molar-refractivity contribution is 0.370. The summed E-state index contributed by atoms with van der Waals surface area (Å²) in [7, 11) is 1.56. The lowest BCUT2D eigenvalue weighted by Gasteiger charge is -2.06. The fourth-order valence-corrected chi connectivity index (χ4v) is 1.78. The van der Waals surface area contributed by atoms with Crippen LogP contribution in [0.25, 0.3) is 16.9 Å². The van der Waals surface area contributed by atoms with Crippen LogP contribution in [-0.2, 0) is 4.74 Å². The van der Waals surface area contributed by atoms with Crippen molar-refractivity contribution in [3.05, 3.63) is 66.2 Å². The summed E-state index contributed by atoms with van der Waals surface area (Å²) >= 11 is 0. The number of nitriles is 1. The Morgan fingerprint density at radius 3 is 2.17 bits per heavy atom. The zero-order valence-electron chi connectivity index (χ0n) is 10.1. The molecule has 0 aliphatic carbocycles. The molecule has 0 atom stereocenters. The fourth-order valence-electron chi connectivity index (χ4n) is 1.78. The van der Waals surface area contributed by atoms with Crippen molar-refractivity contribution in [3.8, 4) is 17.2 Å². The van der Waals surface area contributed by atoms with Crippen molar-refractivity contribution in [3.63, 3.8) is 0 Å². The lowest BCUT2D eigenvalue weighted by Crippen LogP contribution is -1.87. The van der Waals surface area contributed by atoms with E-state index in [1.54, 1.807) is 7.11 Å². The van der Waals surface area contributed by atoms with E-state index in [4.69, 9.17) is 10.00 Å². The maximum absolute atomic E-state index is 8.66. The van der Waals surface area contributed by atoms with Crippen LogP contribution in [0.5, 0.6) is 0 Å². The van der Waals surface area contributed by atoms with Gasteiger partial charge in [-0.1, -0.05) is 54.6 Å². The molecule has 0 heterocycles. The molecule has 2 nitrogen and oxygen atoms in total. The van der Waals surface area contributed by atoms with Crippen LogP contribution < -0.4 is 0 Å². The highest BCUT2D eigenvalue weighted by molar-refractivity contribution is 5.68. The highest BCUT2D eigenvalue weighted by Gasteiger charge is 2.02. The van der Waals surface area contributed by atoms with Crippen LogP contribution in [0.15, 0.2) is 60.7 Å². The van der Waals surface area contributed by atoms with E-state index in [9.17, 15) is 0 Å². The largest absolute Gasteiger partial charge is 0.495 e. The summed E-state index contributed by atoms with van der Waals surface area (Å²) in [6.45, 7) is 0. The minimum absolute atomic E-state index is 0.581. The van der Waals surface area contributed by atoms with Gasteiger partial charge in [-0.2, -0.15) is 5.26 Å². The summed E-state index contributed by atoms with van der Waals surface area (Å²) in [4.78, 5) is 0. The third kappa shape index (κ3) is 2.58. The Morgan fingerprint density at radius 2 is 1.61 bits per heavy atom. The van der Waals surface area contributed by atoms with E-state index in [1.165, 1.54) is 11.6 Å². The molecule has 0 N–H and O–H groups in total. The zero-order chi connectivity index (χ0) is 12.8. The summed E-state index contributed by atoms with van der Waals surface area (Å²) in [6, 6.07) is 20.1. The molecule has 0 fully saturated rings. The number of nitrogens with zero attached hydrogens (tertiary/aromatic N) is 1. The van der Waals surface area contributed by atoms with Gasteiger partial charge in [0.25, 0.3) is 0 Å². The van der Waals surface area contributed by atoms with Crippen LogP contribution in [0.3, 0.4) is 0 Å². The summed E-state index contributed by atoms with van der Waals surface area (Å²) in [5.74, 6) is 0.581. The van der Waals surface area contributed by atoms with E-state index >= 15 is 0 Å². The molecule has 0 bridgehead atoms. The van der Waals surface area contributed by atoms with Gasteiger partial charge < -0.3 is 4.74 Å². The Hall–Kier alpha value is -2.53. The van der Waals surface area contributed by atoms with Gasteiger partial charge in [-0.3, -0.25) is 0 Å². The molecule has 2 aromatic carbocycles. The van der Waals surface area contributed by atoms with Crippen LogP contribution in [0, 0.1) is 11.3 Å². The third-order valence-electron chi connectivity index (χ3n) is 2.69. The molecule has 0 saturated heterocycles. The number of hydrogen-bond acceptors (Lipinski definition) is 2. The summed E-state index contributed by atoms with van der Waals surface area (Å²) < 4.78 is 5.16. The minimum Gasteiger partial charge on any atom is -0.495 e. The van der Waals surface area contributed by atoms with Gasteiger partial charge in [-0.25, -0.2) is 0 Å². The normalized spacial score (nSPS) is 10.8. The predicted octanol–water partition coefficient (Wildman–Crippen LogP) is 3.86. The van der Waals surface area contributed by atoms with Crippen molar-refractivity contribution < 1.29 is 4.74 Å². The van der Waals surface area contributed by atoms with Crippen molar-refractivity contribution >= 4 is 5.76 Å². The van der Waals surface area contributed by atoms with Gasteiger partial charge in [0.2, 0.25) is 0 Å². The molecular formula is C16H13NO. The second-order valence-corrected chi connectivity index (χ2v) is 3.79. The molecule has 2 heteroatoms. The molecule has 0 spiro atoms. The van der Waals surface area contributed by atoms with Gasteiger partial charge in [0, 0.05) is 5.56 Å². The topological polar surface area (TPSA) is 33.0 Å². The number of ether oxygens (including phenoxy) is 1.